The van der Waals surface area contributed by atoms with Crippen molar-refractivity contribution in [2.45, 2.75) is 44.4 Å². The Kier molecular flexibility index (Phi) is 10.7. The van der Waals surface area contributed by atoms with Crippen LogP contribution in [0.5, 0.6) is 5.75 Å². The van der Waals surface area contributed by atoms with Crippen molar-refractivity contribution in [3.8, 4) is 5.75 Å². The second-order valence-corrected chi connectivity index (χ2v) is 12.1. The Bertz CT molecular complexity index is 1750. The number of amides is 1. The highest BCUT2D eigenvalue weighted by Crippen LogP contribution is 2.35. The summed E-state index contributed by atoms with van der Waals surface area (Å²) in [6.45, 7) is 3.75. The summed E-state index contributed by atoms with van der Waals surface area (Å²) in [6, 6.07) is 8.81. The van der Waals surface area contributed by atoms with Crippen LogP contribution in [0.15, 0.2) is 58.7 Å². The zero-order chi connectivity index (χ0) is 33.4. The van der Waals surface area contributed by atoms with Gasteiger partial charge in [-0.25, -0.2) is 23.2 Å². The number of aliphatic imine (C=N–C) groups is 1. The normalized spacial score (nSPS) is 14.6. The van der Waals surface area contributed by atoms with Crippen molar-refractivity contribution in [2.75, 3.05) is 26.1 Å². The van der Waals surface area contributed by atoms with E-state index in [9.17, 15) is 27.6 Å². The van der Waals surface area contributed by atoms with E-state index in [2.05, 4.69) is 15.3 Å². The molecule has 0 bridgehead atoms. The van der Waals surface area contributed by atoms with Crippen molar-refractivity contribution in [1.82, 2.24) is 13.9 Å². The number of sulfonamides is 1. The number of carbonyl (C=O) groups is 4. The first-order valence-corrected chi connectivity index (χ1v) is 15.5. The van der Waals surface area contributed by atoms with E-state index in [0.29, 0.717) is 0 Å². The number of para-hydroxylation sites is 1. The van der Waals surface area contributed by atoms with Crippen LogP contribution in [-0.2, 0) is 51.8 Å². The predicted molar refractivity (Wildman–Crippen MR) is 163 cm³/mol. The van der Waals surface area contributed by atoms with Crippen LogP contribution in [0.25, 0.3) is 0 Å². The molecule has 46 heavy (non-hydrogen) atoms. The number of nitrogens with one attached hydrogen (secondary N) is 1. The number of imidazole rings is 1. The Morgan fingerprint density at radius 2 is 1.78 bits per heavy atom. The molecule has 1 aliphatic heterocycles. The molecule has 0 aliphatic carbocycles. The summed E-state index contributed by atoms with van der Waals surface area (Å²) in [7, 11) is -1.55. The summed E-state index contributed by atoms with van der Waals surface area (Å²) in [4.78, 5) is 57.9. The van der Waals surface area contributed by atoms with E-state index in [4.69, 9.17) is 18.9 Å². The highest BCUT2D eigenvalue weighted by atomic mass is 32.2. The highest BCUT2D eigenvalue weighted by Gasteiger charge is 2.40. The minimum atomic E-state index is -4.17. The Balaban J connectivity index is 1.84. The predicted octanol–water partition coefficient (Wildman–Crippen LogP) is 2.98. The molecule has 16 heteroatoms. The summed E-state index contributed by atoms with van der Waals surface area (Å²) in [5, 5.41) is 2.72. The molecule has 1 aromatic heterocycles. The van der Waals surface area contributed by atoms with Crippen LogP contribution in [0.2, 0.25) is 0 Å². The highest BCUT2D eigenvalue weighted by molar-refractivity contribution is 7.90. The molecule has 2 heterocycles. The number of rotatable bonds is 15. The van der Waals surface area contributed by atoms with Gasteiger partial charge in [0.2, 0.25) is 0 Å². The van der Waals surface area contributed by atoms with E-state index in [1.54, 1.807) is 12.1 Å². The zero-order valence-corrected chi connectivity index (χ0v) is 26.4. The Morgan fingerprint density at radius 1 is 1.07 bits per heavy atom. The molecule has 2 aromatic carbocycles. The SMILES string of the molecule is CCC(C)COC(=O)c1ccc(OC)c(NC(=O)C(C2=Nc3ccccc3S(=O)(=O)N2C)n2cnc(COC=O)c2COC=O)c1. The second kappa shape index (κ2) is 14.7. The number of benzene rings is 2. The number of esters is 1. The molecule has 0 saturated heterocycles. The van der Waals surface area contributed by atoms with Gasteiger partial charge in [0.05, 0.1) is 42.7 Å². The Morgan fingerprint density at radius 3 is 2.48 bits per heavy atom. The number of fused-ring (bicyclic) bond motifs is 1. The molecule has 1 amide bonds. The number of aromatic nitrogens is 2. The van der Waals surface area contributed by atoms with E-state index >= 15 is 0 Å². The molecule has 1 aliphatic rings. The molecule has 0 fully saturated rings. The van der Waals surface area contributed by atoms with Gasteiger partial charge in [-0.3, -0.25) is 18.7 Å². The van der Waals surface area contributed by atoms with E-state index in [1.165, 1.54) is 55.4 Å². The lowest BCUT2D eigenvalue weighted by Gasteiger charge is -2.31. The number of anilines is 1. The van der Waals surface area contributed by atoms with Gasteiger partial charge in [-0.2, -0.15) is 0 Å². The third-order valence-corrected chi connectivity index (χ3v) is 9.09. The van der Waals surface area contributed by atoms with Crippen LogP contribution in [-0.4, -0.2) is 73.7 Å². The van der Waals surface area contributed by atoms with Crippen molar-refractivity contribution in [3.63, 3.8) is 0 Å². The van der Waals surface area contributed by atoms with Crippen LogP contribution in [0.3, 0.4) is 0 Å². The molecule has 0 spiro atoms. The number of carbonyl (C=O) groups excluding carboxylic acids is 4. The molecule has 244 valence electrons. The van der Waals surface area contributed by atoms with Gasteiger partial charge in [0.1, 0.15) is 29.6 Å². The fourth-order valence-corrected chi connectivity index (χ4v) is 5.85. The lowest BCUT2D eigenvalue weighted by atomic mass is 10.1. The first-order chi connectivity index (χ1) is 22.1. The van der Waals surface area contributed by atoms with Gasteiger partial charge >= 0.3 is 5.97 Å². The maximum Gasteiger partial charge on any atom is 0.338 e. The minimum absolute atomic E-state index is 0.0686. The van der Waals surface area contributed by atoms with Crippen molar-refractivity contribution >= 4 is 52.1 Å². The molecule has 2 unspecified atom stereocenters. The average Bonchev–Trinajstić information content (AvgIpc) is 3.45. The Hall–Kier alpha value is -5.25. The van der Waals surface area contributed by atoms with Gasteiger partial charge in [-0.15, -0.1) is 0 Å². The summed E-state index contributed by atoms with van der Waals surface area (Å²) in [5.41, 5.74) is 0.560. The van der Waals surface area contributed by atoms with Crippen molar-refractivity contribution in [1.29, 1.82) is 0 Å². The standard InChI is InChI=1S/C30H33N5O10S/c1-5-19(2)13-45-30(39)20-10-11-25(42-4)22(12-20)33-29(38)27(35-16-31-23(14-43-17-36)24(35)15-44-18-37)28-32-21-8-6-7-9-26(21)46(40,41)34(28)3/h6-12,16-19,27H,5,13-15H2,1-4H3,(H,33,38). The summed E-state index contributed by atoms with van der Waals surface area (Å²) >= 11 is 0. The molecular weight excluding hydrogens is 622 g/mol. The fourth-order valence-electron chi connectivity index (χ4n) is 4.54. The van der Waals surface area contributed by atoms with Gasteiger partial charge < -0.3 is 28.8 Å². The van der Waals surface area contributed by atoms with Crippen molar-refractivity contribution in [3.05, 3.63) is 65.7 Å². The number of hydrogen-bond acceptors (Lipinski definition) is 12. The molecule has 1 N–H and O–H groups in total. The molecule has 0 radical (unpaired) electrons. The van der Waals surface area contributed by atoms with Crippen LogP contribution in [0, 0.1) is 5.92 Å². The summed E-state index contributed by atoms with van der Waals surface area (Å²) in [6.07, 6.45) is 2.02. The molecule has 0 saturated carbocycles. The quantitative estimate of drug-likeness (QED) is 0.144. The van der Waals surface area contributed by atoms with E-state index in [-0.39, 0.29) is 76.9 Å². The lowest BCUT2D eigenvalue weighted by Crippen LogP contribution is -2.45. The number of methoxy groups -OCH3 is 1. The first kappa shape index (κ1) is 33.6. The van der Waals surface area contributed by atoms with Crippen LogP contribution >= 0.6 is 0 Å². The Labute approximate surface area is 265 Å². The van der Waals surface area contributed by atoms with Gasteiger partial charge in [0.25, 0.3) is 28.9 Å². The lowest BCUT2D eigenvalue weighted by molar-refractivity contribution is -0.131. The zero-order valence-electron chi connectivity index (χ0n) is 25.5. The smallest absolute Gasteiger partial charge is 0.338 e. The average molecular weight is 656 g/mol. The second-order valence-electron chi connectivity index (χ2n) is 10.2. The topological polar surface area (TPSA) is 185 Å². The monoisotopic (exact) mass is 655 g/mol. The largest absolute Gasteiger partial charge is 0.495 e. The maximum absolute atomic E-state index is 14.3. The summed E-state index contributed by atoms with van der Waals surface area (Å²) < 4.78 is 49.9. The van der Waals surface area contributed by atoms with Crippen LogP contribution in [0.4, 0.5) is 11.4 Å². The molecule has 15 nitrogen and oxygen atoms in total. The summed E-state index contributed by atoms with van der Waals surface area (Å²) in [5.74, 6) is -1.33. The van der Waals surface area contributed by atoms with Crippen LogP contribution in [0.1, 0.15) is 48.1 Å². The van der Waals surface area contributed by atoms with Gasteiger partial charge in [-0.1, -0.05) is 32.4 Å². The van der Waals surface area contributed by atoms with Gasteiger partial charge in [-0.05, 0) is 36.2 Å². The van der Waals surface area contributed by atoms with E-state index in [0.717, 1.165) is 10.7 Å². The minimum Gasteiger partial charge on any atom is -0.495 e. The molecule has 4 rings (SSSR count). The number of ether oxygens (including phenoxy) is 4. The van der Waals surface area contributed by atoms with Gasteiger partial charge in [0.15, 0.2) is 11.9 Å². The van der Waals surface area contributed by atoms with Crippen molar-refractivity contribution in [2.24, 2.45) is 10.9 Å². The molecule has 3 aromatic rings. The van der Waals surface area contributed by atoms with Gasteiger partial charge in [0, 0.05) is 7.05 Å². The number of amidine groups is 1. The third-order valence-electron chi connectivity index (χ3n) is 7.28. The first-order valence-electron chi connectivity index (χ1n) is 14.0. The fraction of sp³-hybridized carbons (Fsp3) is 0.333. The number of hydrogen-bond donors (Lipinski definition) is 1. The van der Waals surface area contributed by atoms with Crippen LogP contribution < -0.4 is 10.1 Å². The number of likely N-dealkylation sites (N-methyl/N-ethyl adjacent to an activating group) is 1. The van der Waals surface area contributed by atoms with Crippen molar-refractivity contribution < 1.29 is 46.5 Å². The maximum atomic E-state index is 14.3. The number of nitrogens with zero attached hydrogens (tertiary/aromatic N) is 4. The molecule has 2 atom stereocenters. The van der Waals surface area contributed by atoms with E-state index < -0.39 is 34.5 Å². The van der Waals surface area contributed by atoms with E-state index in [1.807, 2.05) is 13.8 Å². The molecular formula is C30H33N5O10S. The third kappa shape index (κ3) is 7.01.